The number of thiazole rings is 1. The summed E-state index contributed by atoms with van der Waals surface area (Å²) in [5.74, 6) is 0.202. The monoisotopic (exact) mass is 244 g/mol. The van der Waals surface area contributed by atoms with Gasteiger partial charge in [-0.3, -0.25) is 4.79 Å². The van der Waals surface area contributed by atoms with E-state index in [1.807, 2.05) is 26.2 Å². The minimum absolute atomic E-state index is 0.0315. The van der Waals surface area contributed by atoms with Crippen molar-refractivity contribution in [3.63, 3.8) is 0 Å². The van der Waals surface area contributed by atoms with Crippen LogP contribution in [0.15, 0.2) is 11.6 Å². The van der Waals surface area contributed by atoms with Gasteiger partial charge in [0.25, 0.3) is 0 Å². The molecule has 0 fully saturated rings. The maximum Gasteiger partial charge on any atom is 0.233 e. The molecular weight excluding hydrogens is 228 g/mol. The molecule has 0 aliphatic rings. The molecule has 1 heterocycles. The maximum atomic E-state index is 11.7. The van der Waals surface area contributed by atoms with Crippen molar-refractivity contribution in [2.75, 3.05) is 0 Å². The first-order chi connectivity index (χ1) is 7.02. The Morgan fingerprint density at radius 1 is 1.53 bits per heavy atom. The molecule has 84 valence electrons. The van der Waals surface area contributed by atoms with E-state index in [0.717, 1.165) is 5.01 Å². The molecule has 1 aromatic heterocycles. The zero-order valence-electron chi connectivity index (χ0n) is 9.10. The van der Waals surface area contributed by atoms with Gasteiger partial charge in [-0.1, -0.05) is 13.8 Å². The molecule has 3 nitrogen and oxygen atoms in total. The van der Waals surface area contributed by atoms with Crippen LogP contribution < -0.4 is 5.32 Å². The van der Waals surface area contributed by atoms with Gasteiger partial charge in [-0.05, 0) is 12.8 Å². The SMILES string of the molecule is CC(NC(=O)C(S)C(C)C)c1nccs1. The largest absolute Gasteiger partial charge is 0.346 e. The van der Waals surface area contributed by atoms with E-state index in [-0.39, 0.29) is 23.1 Å². The van der Waals surface area contributed by atoms with Crippen LogP contribution in [-0.2, 0) is 4.79 Å². The van der Waals surface area contributed by atoms with Crippen LogP contribution in [0.1, 0.15) is 31.8 Å². The van der Waals surface area contributed by atoms with Crippen molar-refractivity contribution >= 4 is 29.9 Å². The summed E-state index contributed by atoms with van der Waals surface area (Å²) in [6.45, 7) is 5.88. The second-order valence-electron chi connectivity index (χ2n) is 3.79. The second kappa shape index (κ2) is 5.51. The number of rotatable bonds is 4. The third kappa shape index (κ3) is 3.50. The molecule has 1 rings (SSSR count). The van der Waals surface area contributed by atoms with Crippen LogP contribution in [-0.4, -0.2) is 16.1 Å². The first kappa shape index (κ1) is 12.5. The van der Waals surface area contributed by atoms with Gasteiger partial charge in [-0.15, -0.1) is 11.3 Å². The zero-order chi connectivity index (χ0) is 11.4. The molecule has 1 N–H and O–H groups in total. The Balaban J connectivity index is 2.52. The normalized spacial score (nSPS) is 15.0. The molecule has 0 aliphatic carbocycles. The van der Waals surface area contributed by atoms with Crippen molar-refractivity contribution in [3.05, 3.63) is 16.6 Å². The zero-order valence-corrected chi connectivity index (χ0v) is 10.8. The van der Waals surface area contributed by atoms with E-state index in [2.05, 4.69) is 22.9 Å². The smallest absolute Gasteiger partial charge is 0.233 e. The molecule has 0 saturated carbocycles. The van der Waals surface area contributed by atoms with E-state index in [0.29, 0.717) is 0 Å². The lowest BCUT2D eigenvalue weighted by Crippen LogP contribution is -2.35. The van der Waals surface area contributed by atoms with Crippen molar-refractivity contribution in [1.82, 2.24) is 10.3 Å². The van der Waals surface area contributed by atoms with Gasteiger partial charge in [0, 0.05) is 11.6 Å². The molecule has 2 unspecified atom stereocenters. The Kier molecular flexibility index (Phi) is 4.60. The van der Waals surface area contributed by atoms with E-state index < -0.39 is 0 Å². The van der Waals surface area contributed by atoms with Gasteiger partial charge in [0.1, 0.15) is 5.01 Å². The molecule has 0 saturated heterocycles. The molecular formula is C10H16N2OS2. The fraction of sp³-hybridized carbons (Fsp3) is 0.600. The molecule has 0 spiro atoms. The van der Waals surface area contributed by atoms with Crippen molar-refractivity contribution in [2.24, 2.45) is 5.92 Å². The van der Waals surface area contributed by atoms with Crippen molar-refractivity contribution < 1.29 is 4.79 Å². The van der Waals surface area contributed by atoms with Crippen molar-refractivity contribution in [2.45, 2.75) is 32.1 Å². The predicted octanol–water partition coefficient (Wildman–Crippen LogP) is 2.27. The predicted molar refractivity (Wildman–Crippen MR) is 66.3 cm³/mol. The lowest BCUT2D eigenvalue weighted by molar-refractivity contribution is -0.121. The topological polar surface area (TPSA) is 42.0 Å². The highest BCUT2D eigenvalue weighted by Gasteiger charge is 2.20. The molecule has 0 radical (unpaired) electrons. The fourth-order valence-electron chi connectivity index (χ4n) is 1.11. The number of aromatic nitrogens is 1. The molecule has 1 amide bonds. The van der Waals surface area contributed by atoms with Crippen molar-refractivity contribution in [3.8, 4) is 0 Å². The third-order valence-corrected chi connectivity index (χ3v) is 3.87. The van der Waals surface area contributed by atoms with Gasteiger partial charge in [-0.25, -0.2) is 4.98 Å². The van der Waals surface area contributed by atoms with E-state index in [4.69, 9.17) is 0 Å². The Morgan fingerprint density at radius 3 is 2.67 bits per heavy atom. The maximum absolute atomic E-state index is 11.7. The van der Waals surface area contributed by atoms with Crippen LogP contribution in [0.3, 0.4) is 0 Å². The van der Waals surface area contributed by atoms with Crippen LogP contribution >= 0.6 is 24.0 Å². The minimum atomic E-state index is -0.257. The summed E-state index contributed by atoms with van der Waals surface area (Å²) in [5, 5.41) is 5.46. The number of carbonyl (C=O) groups is 1. The standard InChI is InChI=1S/C10H16N2OS2/c1-6(2)8(14)9(13)12-7(3)10-11-4-5-15-10/h4-8,14H,1-3H3,(H,12,13). The Hall–Kier alpha value is -0.550. The number of nitrogens with zero attached hydrogens (tertiary/aromatic N) is 1. The number of nitrogens with one attached hydrogen (secondary N) is 1. The van der Waals surface area contributed by atoms with Gasteiger partial charge in [0.2, 0.25) is 5.91 Å². The van der Waals surface area contributed by atoms with Gasteiger partial charge >= 0.3 is 0 Å². The highest BCUT2D eigenvalue weighted by atomic mass is 32.1. The van der Waals surface area contributed by atoms with Gasteiger partial charge in [-0.2, -0.15) is 12.6 Å². The van der Waals surface area contributed by atoms with Crippen LogP contribution in [0.5, 0.6) is 0 Å². The average molecular weight is 244 g/mol. The summed E-state index contributed by atoms with van der Waals surface area (Å²) < 4.78 is 0. The second-order valence-corrected chi connectivity index (χ2v) is 5.27. The molecule has 0 bridgehead atoms. The Labute approximate surface area is 99.7 Å². The summed E-state index contributed by atoms with van der Waals surface area (Å²) in [6, 6.07) is -0.0362. The molecule has 1 aromatic rings. The number of hydrogen-bond acceptors (Lipinski definition) is 4. The summed E-state index contributed by atoms with van der Waals surface area (Å²) in [7, 11) is 0. The Morgan fingerprint density at radius 2 is 2.20 bits per heavy atom. The molecule has 0 aliphatic heterocycles. The van der Waals surface area contributed by atoms with Gasteiger partial charge < -0.3 is 5.32 Å². The summed E-state index contributed by atoms with van der Waals surface area (Å²) in [4.78, 5) is 15.8. The van der Waals surface area contributed by atoms with Crippen molar-refractivity contribution in [1.29, 1.82) is 0 Å². The number of thiol groups is 1. The van der Waals surface area contributed by atoms with Gasteiger partial charge in [0.05, 0.1) is 11.3 Å². The first-order valence-corrected chi connectivity index (χ1v) is 6.29. The van der Waals surface area contributed by atoms with Crippen LogP contribution in [0, 0.1) is 5.92 Å². The van der Waals surface area contributed by atoms with Crippen LogP contribution in [0.4, 0.5) is 0 Å². The van der Waals surface area contributed by atoms with Gasteiger partial charge in [0.15, 0.2) is 0 Å². The number of hydrogen-bond donors (Lipinski definition) is 2. The van der Waals surface area contributed by atoms with Crippen LogP contribution in [0.2, 0.25) is 0 Å². The van der Waals surface area contributed by atoms with E-state index in [9.17, 15) is 4.79 Å². The highest BCUT2D eigenvalue weighted by molar-refractivity contribution is 7.81. The van der Waals surface area contributed by atoms with E-state index in [1.165, 1.54) is 0 Å². The third-order valence-electron chi connectivity index (χ3n) is 2.08. The molecule has 0 aromatic carbocycles. The summed E-state index contributed by atoms with van der Waals surface area (Å²) >= 11 is 5.81. The number of carbonyl (C=O) groups excluding carboxylic acids is 1. The Bertz CT molecular complexity index is 311. The highest BCUT2D eigenvalue weighted by Crippen LogP contribution is 2.16. The summed E-state index contributed by atoms with van der Waals surface area (Å²) in [5.41, 5.74) is 0. The average Bonchev–Trinajstić information content (AvgIpc) is 2.68. The lowest BCUT2D eigenvalue weighted by atomic mass is 10.1. The van der Waals surface area contributed by atoms with E-state index >= 15 is 0 Å². The van der Waals surface area contributed by atoms with E-state index in [1.54, 1.807) is 17.5 Å². The minimum Gasteiger partial charge on any atom is -0.346 e. The molecule has 5 heteroatoms. The molecule has 15 heavy (non-hydrogen) atoms. The summed E-state index contributed by atoms with van der Waals surface area (Å²) in [6.07, 6.45) is 1.74. The fourth-order valence-corrected chi connectivity index (χ4v) is 1.83. The quantitative estimate of drug-likeness (QED) is 0.798. The lowest BCUT2D eigenvalue weighted by Gasteiger charge is -2.17. The van der Waals surface area contributed by atoms with Crippen LogP contribution in [0.25, 0.3) is 0 Å². The number of amides is 1. The molecule has 2 atom stereocenters. The first-order valence-electron chi connectivity index (χ1n) is 4.90.